The molecule has 25 heavy (non-hydrogen) atoms. The molecule has 2 fully saturated rings. The molecule has 1 N–H and O–H groups in total. The summed E-state index contributed by atoms with van der Waals surface area (Å²) in [5.74, 6) is -0.850. The molecule has 1 saturated heterocycles. The fourth-order valence-electron chi connectivity index (χ4n) is 3.37. The minimum atomic E-state index is -0.497. The zero-order valence-electron chi connectivity index (χ0n) is 14.2. The normalized spacial score (nSPS) is 18.1. The summed E-state index contributed by atoms with van der Waals surface area (Å²) in [6.07, 6.45) is 3.86. The molecule has 132 valence electrons. The average molecular weight is 343 g/mol. The fraction of sp³-hybridized carbons (Fsp3) is 0.444. The molecule has 1 aliphatic carbocycles. The van der Waals surface area contributed by atoms with Gasteiger partial charge in [0.2, 0.25) is 5.91 Å². The summed E-state index contributed by atoms with van der Waals surface area (Å²) in [7, 11) is 1.51. The lowest BCUT2D eigenvalue weighted by molar-refractivity contribution is -0.129. The molecule has 1 saturated carbocycles. The van der Waals surface area contributed by atoms with Crippen LogP contribution in [0.3, 0.4) is 0 Å². The number of urea groups is 1. The Balaban J connectivity index is 1.70. The summed E-state index contributed by atoms with van der Waals surface area (Å²) >= 11 is 0. The number of likely N-dealkylation sites (N-methyl/N-ethyl adjacent to an activating group) is 1. The molecule has 0 aromatic heterocycles. The molecule has 4 amide bonds. The van der Waals surface area contributed by atoms with Gasteiger partial charge in [-0.3, -0.25) is 19.3 Å². The van der Waals surface area contributed by atoms with Crippen molar-refractivity contribution >= 4 is 29.3 Å². The molecule has 0 bridgehead atoms. The van der Waals surface area contributed by atoms with E-state index in [-0.39, 0.29) is 24.8 Å². The van der Waals surface area contributed by atoms with Gasteiger partial charge in [0.1, 0.15) is 13.1 Å². The first-order chi connectivity index (χ1) is 12.0. The number of carbonyl (C=O) groups is 4. The summed E-state index contributed by atoms with van der Waals surface area (Å²) < 4.78 is 0. The predicted molar refractivity (Wildman–Crippen MR) is 91.1 cm³/mol. The Hall–Kier alpha value is -2.70. The third-order valence-electron chi connectivity index (χ3n) is 4.73. The number of amides is 4. The summed E-state index contributed by atoms with van der Waals surface area (Å²) in [5.41, 5.74) is 0.913. The van der Waals surface area contributed by atoms with Crippen molar-refractivity contribution < 1.29 is 19.2 Å². The van der Waals surface area contributed by atoms with Gasteiger partial charge in [-0.15, -0.1) is 0 Å². The average Bonchev–Trinajstić information content (AvgIpc) is 3.20. The van der Waals surface area contributed by atoms with Crippen LogP contribution in [0.2, 0.25) is 0 Å². The van der Waals surface area contributed by atoms with Gasteiger partial charge in [-0.1, -0.05) is 25.0 Å². The molecule has 0 atom stereocenters. The second-order valence-corrected chi connectivity index (χ2v) is 6.56. The van der Waals surface area contributed by atoms with Crippen molar-refractivity contribution in [1.82, 2.24) is 9.80 Å². The zero-order valence-corrected chi connectivity index (χ0v) is 14.2. The van der Waals surface area contributed by atoms with Gasteiger partial charge in [-0.05, 0) is 25.0 Å². The van der Waals surface area contributed by atoms with Crippen LogP contribution in [-0.2, 0) is 9.59 Å². The number of nitrogens with zero attached hydrogens (tertiary/aromatic N) is 2. The van der Waals surface area contributed by atoms with E-state index in [0.717, 1.165) is 30.6 Å². The summed E-state index contributed by atoms with van der Waals surface area (Å²) in [5, 5.41) is 2.67. The fourth-order valence-corrected chi connectivity index (χ4v) is 3.37. The Morgan fingerprint density at radius 2 is 1.84 bits per heavy atom. The highest BCUT2D eigenvalue weighted by atomic mass is 16.2. The molecule has 1 aromatic rings. The standard InChI is InChI=1S/C18H21N3O4/c1-20-11-16(23)21(18(20)25)10-15(22)19-14-9-5-4-8-13(14)17(24)12-6-2-3-7-12/h4-5,8-9,12H,2-3,6-7,10-11H2,1H3,(H,19,22). The molecular formula is C18H21N3O4. The second kappa shape index (κ2) is 7.04. The minimum Gasteiger partial charge on any atom is -0.324 e. The first-order valence-corrected chi connectivity index (χ1v) is 8.46. The Morgan fingerprint density at radius 3 is 2.48 bits per heavy atom. The first kappa shape index (κ1) is 17.1. The van der Waals surface area contributed by atoms with Crippen LogP contribution in [0, 0.1) is 5.92 Å². The van der Waals surface area contributed by atoms with Crippen molar-refractivity contribution in [3.8, 4) is 0 Å². The van der Waals surface area contributed by atoms with Crippen LogP contribution in [-0.4, -0.2) is 53.6 Å². The molecule has 1 aliphatic heterocycles. The van der Waals surface area contributed by atoms with Crippen molar-refractivity contribution in [3.05, 3.63) is 29.8 Å². The van der Waals surface area contributed by atoms with E-state index in [0.29, 0.717) is 11.3 Å². The highest BCUT2D eigenvalue weighted by Gasteiger charge is 2.35. The smallest absolute Gasteiger partial charge is 0.324 e. The molecule has 7 nitrogen and oxygen atoms in total. The number of para-hydroxylation sites is 1. The third-order valence-corrected chi connectivity index (χ3v) is 4.73. The van der Waals surface area contributed by atoms with Gasteiger partial charge in [0.05, 0.1) is 5.69 Å². The van der Waals surface area contributed by atoms with Crippen LogP contribution in [0.1, 0.15) is 36.0 Å². The number of Topliss-reactive ketones (excluding diaryl/α,β-unsaturated/α-hetero) is 1. The number of anilines is 1. The molecule has 0 unspecified atom stereocenters. The van der Waals surface area contributed by atoms with Crippen LogP contribution in [0.5, 0.6) is 0 Å². The number of benzene rings is 1. The van der Waals surface area contributed by atoms with Crippen molar-refractivity contribution in [3.63, 3.8) is 0 Å². The number of hydrogen-bond donors (Lipinski definition) is 1. The lowest BCUT2D eigenvalue weighted by Crippen LogP contribution is -2.38. The third kappa shape index (κ3) is 3.55. The molecule has 0 radical (unpaired) electrons. The zero-order chi connectivity index (χ0) is 18.0. The number of imide groups is 1. The van der Waals surface area contributed by atoms with Gasteiger partial charge in [0.25, 0.3) is 5.91 Å². The SMILES string of the molecule is CN1CC(=O)N(CC(=O)Nc2ccccc2C(=O)C2CCCC2)C1=O. The minimum absolute atomic E-state index is 0.00781. The first-order valence-electron chi connectivity index (χ1n) is 8.46. The highest BCUT2D eigenvalue weighted by molar-refractivity contribution is 6.09. The van der Waals surface area contributed by atoms with Gasteiger partial charge in [0.15, 0.2) is 5.78 Å². The van der Waals surface area contributed by atoms with Gasteiger partial charge in [-0.25, -0.2) is 4.79 Å². The van der Waals surface area contributed by atoms with Gasteiger partial charge in [-0.2, -0.15) is 0 Å². The van der Waals surface area contributed by atoms with Crippen LogP contribution in [0.25, 0.3) is 0 Å². The second-order valence-electron chi connectivity index (χ2n) is 6.56. The topological polar surface area (TPSA) is 86.8 Å². The van der Waals surface area contributed by atoms with Crippen molar-refractivity contribution in [1.29, 1.82) is 0 Å². The van der Waals surface area contributed by atoms with E-state index in [9.17, 15) is 19.2 Å². The van der Waals surface area contributed by atoms with E-state index in [2.05, 4.69) is 5.32 Å². The largest absolute Gasteiger partial charge is 0.327 e. The number of ketones is 1. The molecule has 7 heteroatoms. The quantitative estimate of drug-likeness (QED) is 0.653. The summed E-state index contributed by atoms with van der Waals surface area (Å²) in [6, 6.07) is 6.38. The van der Waals surface area contributed by atoms with E-state index in [1.165, 1.54) is 11.9 Å². The van der Waals surface area contributed by atoms with Crippen LogP contribution in [0.4, 0.5) is 10.5 Å². The van der Waals surface area contributed by atoms with E-state index in [1.807, 2.05) is 0 Å². The Morgan fingerprint density at radius 1 is 1.16 bits per heavy atom. The predicted octanol–water partition coefficient (Wildman–Crippen LogP) is 1.89. The van der Waals surface area contributed by atoms with Crippen molar-refractivity contribution in [2.45, 2.75) is 25.7 Å². The lowest BCUT2D eigenvalue weighted by Gasteiger charge is -2.16. The summed E-state index contributed by atoms with van der Waals surface area (Å²) in [4.78, 5) is 50.7. The number of nitrogens with one attached hydrogen (secondary N) is 1. The summed E-state index contributed by atoms with van der Waals surface area (Å²) in [6.45, 7) is -0.378. The molecule has 3 rings (SSSR count). The van der Waals surface area contributed by atoms with E-state index in [1.54, 1.807) is 24.3 Å². The van der Waals surface area contributed by atoms with Crippen molar-refractivity contribution in [2.75, 3.05) is 25.5 Å². The maximum absolute atomic E-state index is 12.7. The molecule has 0 spiro atoms. The lowest BCUT2D eigenvalue weighted by atomic mass is 9.95. The number of carbonyl (C=O) groups excluding carboxylic acids is 4. The molecule has 1 heterocycles. The van der Waals surface area contributed by atoms with Gasteiger partial charge in [0, 0.05) is 18.5 Å². The van der Waals surface area contributed by atoms with Crippen LogP contribution >= 0.6 is 0 Å². The monoisotopic (exact) mass is 343 g/mol. The molecule has 1 aromatic carbocycles. The van der Waals surface area contributed by atoms with E-state index in [4.69, 9.17) is 0 Å². The Labute approximate surface area is 146 Å². The van der Waals surface area contributed by atoms with E-state index < -0.39 is 17.8 Å². The number of hydrogen-bond acceptors (Lipinski definition) is 4. The van der Waals surface area contributed by atoms with Gasteiger partial charge >= 0.3 is 6.03 Å². The highest BCUT2D eigenvalue weighted by Crippen LogP contribution is 2.30. The van der Waals surface area contributed by atoms with Gasteiger partial charge < -0.3 is 10.2 Å². The molecular weight excluding hydrogens is 322 g/mol. The molecule has 2 aliphatic rings. The maximum atomic E-state index is 12.7. The van der Waals surface area contributed by atoms with Crippen molar-refractivity contribution in [2.24, 2.45) is 5.92 Å². The van der Waals surface area contributed by atoms with Crippen LogP contribution in [0.15, 0.2) is 24.3 Å². The maximum Gasteiger partial charge on any atom is 0.327 e. The number of rotatable bonds is 5. The van der Waals surface area contributed by atoms with Crippen LogP contribution < -0.4 is 5.32 Å². The Kier molecular flexibility index (Phi) is 4.83. The Bertz CT molecular complexity index is 725. The van der Waals surface area contributed by atoms with E-state index >= 15 is 0 Å².